The molecule has 0 unspecified atom stereocenters. The topological polar surface area (TPSA) is 61.5 Å². The van der Waals surface area contributed by atoms with Gasteiger partial charge >= 0.3 is 5.97 Å². The van der Waals surface area contributed by atoms with Crippen LogP contribution in [-0.4, -0.2) is 20.2 Å². The average Bonchev–Trinajstić information content (AvgIpc) is 2.45. The Kier molecular flexibility index (Phi) is 4.02. The Morgan fingerprint density at radius 1 is 1.16 bits per heavy atom. The van der Waals surface area contributed by atoms with Gasteiger partial charge < -0.3 is 15.2 Å². The maximum absolute atomic E-state index is 11.2. The van der Waals surface area contributed by atoms with E-state index in [1.165, 1.54) is 7.11 Å². The molecule has 0 radical (unpaired) electrons. The highest BCUT2D eigenvalue weighted by molar-refractivity contribution is 5.84. The summed E-state index contributed by atoms with van der Waals surface area (Å²) < 4.78 is 9.81. The molecule has 2 aromatic rings. The second kappa shape index (κ2) is 5.71. The number of methoxy groups -OCH3 is 2. The lowest BCUT2D eigenvalue weighted by Crippen LogP contribution is -2.16. The van der Waals surface area contributed by atoms with Gasteiger partial charge in [0, 0.05) is 6.04 Å². The first kappa shape index (κ1) is 13.4. The van der Waals surface area contributed by atoms with Crippen molar-refractivity contribution in [3.63, 3.8) is 0 Å². The van der Waals surface area contributed by atoms with Gasteiger partial charge in [0.2, 0.25) is 0 Å². The van der Waals surface area contributed by atoms with Gasteiger partial charge in [0.05, 0.1) is 20.6 Å². The summed E-state index contributed by atoms with van der Waals surface area (Å²) in [6.45, 7) is 0. The number of ether oxygens (including phenoxy) is 2. The molecule has 0 fully saturated rings. The first-order chi connectivity index (χ1) is 9.13. The van der Waals surface area contributed by atoms with Gasteiger partial charge in [0.1, 0.15) is 5.75 Å². The van der Waals surface area contributed by atoms with Gasteiger partial charge in [-0.15, -0.1) is 0 Å². The molecule has 19 heavy (non-hydrogen) atoms. The second-order valence-corrected chi connectivity index (χ2v) is 4.36. The normalized spacial score (nSPS) is 12.2. The quantitative estimate of drug-likeness (QED) is 0.856. The average molecular weight is 259 g/mol. The molecule has 1 atom stereocenters. The van der Waals surface area contributed by atoms with Crippen LogP contribution in [0.3, 0.4) is 0 Å². The SMILES string of the molecule is COC(=O)C[C@H](N)c1ccc2cc(OC)ccc2c1. The van der Waals surface area contributed by atoms with Crippen molar-refractivity contribution in [2.45, 2.75) is 12.5 Å². The molecular weight excluding hydrogens is 242 g/mol. The van der Waals surface area contributed by atoms with Gasteiger partial charge in [0.25, 0.3) is 0 Å². The molecule has 4 nitrogen and oxygen atoms in total. The van der Waals surface area contributed by atoms with Crippen LogP contribution in [0.1, 0.15) is 18.0 Å². The monoisotopic (exact) mass is 259 g/mol. The Morgan fingerprint density at radius 3 is 2.53 bits per heavy atom. The van der Waals surface area contributed by atoms with E-state index < -0.39 is 0 Å². The molecule has 0 amide bonds. The molecular formula is C15H17NO3. The van der Waals surface area contributed by atoms with E-state index in [0.29, 0.717) is 0 Å². The molecule has 0 aliphatic rings. The van der Waals surface area contributed by atoms with Crippen LogP contribution >= 0.6 is 0 Å². The van der Waals surface area contributed by atoms with Crippen LogP contribution < -0.4 is 10.5 Å². The van der Waals surface area contributed by atoms with E-state index in [2.05, 4.69) is 4.74 Å². The predicted octanol–water partition coefficient (Wildman–Crippen LogP) is 2.41. The molecule has 0 spiro atoms. The summed E-state index contributed by atoms with van der Waals surface area (Å²) in [5.74, 6) is 0.515. The zero-order valence-electron chi connectivity index (χ0n) is 11.1. The summed E-state index contributed by atoms with van der Waals surface area (Å²) in [7, 11) is 3.00. The van der Waals surface area contributed by atoms with Gasteiger partial charge in [-0.05, 0) is 34.5 Å². The van der Waals surface area contributed by atoms with Crippen molar-refractivity contribution in [2.75, 3.05) is 14.2 Å². The van der Waals surface area contributed by atoms with Gasteiger partial charge in [-0.3, -0.25) is 4.79 Å². The first-order valence-electron chi connectivity index (χ1n) is 6.04. The summed E-state index contributed by atoms with van der Waals surface area (Å²) >= 11 is 0. The molecule has 0 saturated carbocycles. The van der Waals surface area contributed by atoms with E-state index in [1.54, 1.807) is 7.11 Å². The maximum atomic E-state index is 11.2. The van der Waals surface area contributed by atoms with Crippen molar-refractivity contribution < 1.29 is 14.3 Å². The fourth-order valence-electron chi connectivity index (χ4n) is 1.98. The molecule has 4 heteroatoms. The number of nitrogens with two attached hydrogens (primary N) is 1. The van der Waals surface area contributed by atoms with Crippen molar-refractivity contribution >= 4 is 16.7 Å². The van der Waals surface area contributed by atoms with E-state index in [-0.39, 0.29) is 18.4 Å². The minimum atomic E-state index is -0.348. The van der Waals surface area contributed by atoms with Crippen LogP contribution in [0.15, 0.2) is 36.4 Å². The number of esters is 1. The van der Waals surface area contributed by atoms with Crippen molar-refractivity contribution in [3.8, 4) is 5.75 Å². The van der Waals surface area contributed by atoms with Crippen molar-refractivity contribution in [3.05, 3.63) is 42.0 Å². The first-order valence-corrected chi connectivity index (χ1v) is 6.04. The Balaban J connectivity index is 2.28. The smallest absolute Gasteiger partial charge is 0.307 e. The van der Waals surface area contributed by atoms with Crippen molar-refractivity contribution in [2.24, 2.45) is 5.73 Å². The Hall–Kier alpha value is -2.07. The van der Waals surface area contributed by atoms with Crippen LogP contribution in [0.2, 0.25) is 0 Å². The minimum Gasteiger partial charge on any atom is -0.497 e. The van der Waals surface area contributed by atoms with Crippen molar-refractivity contribution in [1.29, 1.82) is 0 Å². The Morgan fingerprint density at radius 2 is 1.84 bits per heavy atom. The summed E-state index contributed by atoms with van der Waals surface area (Å²) in [5.41, 5.74) is 6.91. The molecule has 0 saturated heterocycles. The number of hydrogen-bond acceptors (Lipinski definition) is 4. The fourth-order valence-corrected chi connectivity index (χ4v) is 1.98. The number of fused-ring (bicyclic) bond motifs is 1. The molecule has 2 N–H and O–H groups in total. The van der Waals surface area contributed by atoms with Crippen LogP contribution in [0.4, 0.5) is 0 Å². The second-order valence-electron chi connectivity index (χ2n) is 4.36. The van der Waals surface area contributed by atoms with E-state index >= 15 is 0 Å². The maximum Gasteiger partial charge on any atom is 0.307 e. The number of rotatable bonds is 4. The minimum absolute atomic E-state index is 0.179. The number of hydrogen-bond donors (Lipinski definition) is 1. The highest BCUT2D eigenvalue weighted by Crippen LogP contribution is 2.24. The van der Waals surface area contributed by atoms with Crippen molar-refractivity contribution in [1.82, 2.24) is 0 Å². The van der Waals surface area contributed by atoms with Crippen LogP contribution in [0.25, 0.3) is 10.8 Å². The molecule has 0 aliphatic heterocycles. The predicted molar refractivity (Wildman–Crippen MR) is 74.1 cm³/mol. The van der Waals surface area contributed by atoms with Gasteiger partial charge in [-0.2, -0.15) is 0 Å². The largest absolute Gasteiger partial charge is 0.497 e. The lowest BCUT2D eigenvalue weighted by molar-refractivity contribution is -0.141. The molecule has 0 aliphatic carbocycles. The number of carbonyl (C=O) groups excluding carboxylic acids is 1. The molecule has 0 aromatic heterocycles. The molecule has 0 heterocycles. The standard InChI is InChI=1S/C15H17NO3/c1-18-13-6-5-10-7-12(4-3-11(10)8-13)14(16)9-15(17)19-2/h3-8,14H,9,16H2,1-2H3/t14-/m0/s1. The van der Waals surface area contributed by atoms with E-state index in [4.69, 9.17) is 10.5 Å². The lowest BCUT2D eigenvalue weighted by Gasteiger charge is -2.12. The highest BCUT2D eigenvalue weighted by Gasteiger charge is 2.12. The zero-order chi connectivity index (χ0) is 13.8. The zero-order valence-corrected chi connectivity index (χ0v) is 11.1. The summed E-state index contributed by atoms with van der Waals surface area (Å²) in [6.07, 6.45) is 0.179. The van der Waals surface area contributed by atoms with Crippen LogP contribution in [0.5, 0.6) is 5.75 Å². The van der Waals surface area contributed by atoms with E-state index in [9.17, 15) is 4.79 Å². The Bertz CT molecular complexity index is 595. The number of benzene rings is 2. The third-order valence-electron chi connectivity index (χ3n) is 3.11. The Labute approximate surface area is 112 Å². The molecule has 100 valence electrons. The highest BCUT2D eigenvalue weighted by atomic mass is 16.5. The third kappa shape index (κ3) is 3.03. The summed E-state index contributed by atoms with van der Waals surface area (Å²) in [6, 6.07) is 11.4. The molecule has 2 rings (SSSR count). The van der Waals surface area contributed by atoms with E-state index in [1.807, 2.05) is 36.4 Å². The van der Waals surface area contributed by atoms with Gasteiger partial charge in [-0.1, -0.05) is 18.2 Å². The molecule has 0 bridgehead atoms. The lowest BCUT2D eigenvalue weighted by atomic mass is 10.0. The van der Waals surface area contributed by atoms with E-state index in [0.717, 1.165) is 22.1 Å². The van der Waals surface area contributed by atoms with Gasteiger partial charge in [0.15, 0.2) is 0 Å². The summed E-state index contributed by atoms with van der Waals surface area (Å²) in [4.78, 5) is 11.2. The fraction of sp³-hybridized carbons (Fsp3) is 0.267. The number of carbonyl (C=O) groups is 1. The van der Waals surface area contributed by atoms with Crippen LogP contribution in [0, 0.1) is 0 Å². The van der Waals surface area contributed by atoms with Gasteiger partial charge in [-0.25, -0.2) is 0 Å². The summed E-state index contributed by atoms with van der Waals surface area (Å²) in [5, 5.41) is 2.15. The third-order valence-corrected chi connectivity index (χ3v) is 3.11. The van der Waals surface area contributed by atoms with Crippen LogP contribution in [-0.2, 0) is 9.53 Å². The molecule has 2 aromatic carbocycles.